The molecule has 5 nitrogen and oxygen atoms in total. The summed E-state index contributed by atoms with van der Waals surface area (Å²) in [7, 11) is 0. The van der Waals surface area contributed by atoms with Gasteiger partial charge in [-0.1, -0.05) is 45.0 Å². The maximum Gasteiger partial charge on any atom is 0.323 e. The second-order valence-electron chi connectivity index (χ2n) is 6.81. The minimum atomic E-state index is -1.37. The van der Waals surface area contributed by atoms with Crippen LogP contribution in [0.2, 0.25) is 0 Å². The van der Waals surface area contributed by atoms with Gasteiger partial charge in [-0.15, -0.1) is 6.58 Å². The second kappa shape index (κ2) is 11.3. The molecule has 0 rings (SSSR count). The minimum absolute atomic E-state index is 0.112. The van der Waals surface area contributed by atoms with Crippen LogP contribution in [0.15, 0.2) is 12.7 Å². The van der Waals surface area contributed by atoms with Gasteiger partial charge in [0.05, 0.1) is 13.2 Å². The fourth-order valence-electron chi connectivity index (χ4n) is 2.43. The molecule has 0 amide bonds. The van der Waals surface area contributed by atoms with Crippen LogP contribution in [-0.4, -0.2) is 35.0 Å². The van der Waals surface area contributed by atoms with Gasteiger partial charge in [-0.25, -0.2) is 0 Å². The zero-order valence-electron chi connectivity index (χ0n) is 16.2. The number of ether oxygens (including phenoxy) is 2. The van der Waals surface area contributed by atoms with Crippen LogP contribution in [0.1, 0.15) is 66.7 Å². The highest BCUT2D eigenvalue weighted by Gasteiger charge is 2.47. The van der Waals surface area contributed by atoms with E-state index in [4.69, 9.17) is 9.47 Å². The lowest BCUT2D eigenvalue weighted by molar-refractivity contribution is -0.172. The third-order valence-electron chi connectivity index (χ3n) is 3.48. The molecule has 0 N–H and O–H groups in total. The smallest absolute Gasteiger partial charge is 0.323 e. The molecule has 0 saturated heterocycles. The molecule has 0 fully saturated rings. The van der Waals surface area contributed by atoms with Crippen molar-refractivity contribution < 1.29 is 23.9 Å². The summed E-state index contributed by atoms with van der Waals surface area (Å²) in [4.78, 5) is 36.8. The van der Waals surface area contributed by atoms with Crippen LogP contribution >= 0.6 is 11.8 Å². The molecule has 0 atom stereocenters. The van der Waals surface area contributed by atoms with E-state index in [1.165, 1.54) is 17.8 Å². The highest BCUT2D eigenvalue weighted by Crippen LogP contribution is 2.34. The third-order valence-corrected chi connectivity index (χ3v) is 4.52. The van der Waals surface area contributed by atoms with Gasteiger partial charge in [0.15, 0.2) is 10.5 Å². The van der Waals surface area contributed by atoms with Gasteiger partial charge in [-0.3, -0.25) is 14.4 Å². The Balaban J connectivity index is 4.93. The van der Waals surface area contributed by atoms with Gasteiger partial charge in [0.25, 0.3) is 0 Å². The Bertz CT molecular complexity index is 447. The molecular formula is C19H32O5S. The number of hydrogen-bond acceptors (Lipinski definition) is 6. The number of carbonyl (C=O) groups is 3. The molecule has 0 unspecified atom stereocenters. The van der Waals surface area contributed by atoms with E-state index in [0.29, 0.717) is 19.3 Å². The first-order valence-electron chi connectivity index (χ1n) is 8.80. The summed E-state index contributed by atoms with van der Waals surface area (Å²) in [6.07, 6.45) is 3.56. The lowest BCUT2D eigenvalue weighted by atomic mass is 9.79. The molecule has 144 valence electrons. The van der Waals surface area contributed by atoms with Gasteiger partial charge in [-0.05, 0) is 33.1 Å². The summed E-state index contributed by atoms with van der Waals surface area (Å²) >= 11 is 1.32. The zero-order chi connectivity index (χ0) is 19.5. The number of hydrogen-bond donors (Lipinski definition) is 0. The lowest BCUT2D eigenvalue weighted by Crippen LogP contribution is -2.42. The number of allylic oxidation sites excluding steroid dienone is 1. The van der Waals surface area contributed by atoms with Crippen LogP contribution in [0.3, 0.4) is 0 Å². The van der Waals surface area contributed by atoms with Crippen LogP contribution in [0.25, 0.3) is 0 Å². The van der Waals surface area contributed by atoms with Gasteiger partial charge in [0, 0.05) is 11.2 Å². The lowest BCUT2D eigenvalue weighted by Gasteiger charge is -2.28. The van der Waals surface area contributed by atoms with Crippen LogP contribution < -0.4 is 0 Å². The second-order valence-corrected chi connectivity index (χ2v) is 8.69. The fraction of sp³-hybridized carbons (Fsp3) is 0.737. The standard InChI is InChI=1S/C19H32O5S/c1-7-13-19(16(21)23-8-2,17(22)24-9-3)14-11-10-12-15(20)25-18(4,5)6/h7H,1,8-14H2,2-6H3. The quantitative estimate of drug-likeness (QED) is 0.233. The van der Waals surface area contributed by atoms with Crippen molar-refractivity contribution in [3.05, 3.63) is 12.7 Å². The van der Waals surface area contributed by atoms with Crippen molar-refractivity contribution in [3.8, 4) is 0 Å². The third kappa shape index (κ3) is 8.56. The van der Waals surface area contributed by atoms with Crippen molar-refractivity contribution in [2.45, 2.75) is 71.5 Å². The van der Waals surface area contributed by atoms with E-state index >= 15 is 0 Å². The molecule has 0 aromatic heterocycles. The van der Waals surface area contributed by atoms with Gasteiger partial charge in [-0.2, -0.15) is 0 Å². The molecule has 0 heterocycles. The van der Waals surface area contributed by atoms with Gasteiger partial charge >= 0.3 is 11.9 Å². The average molecular weight is 373 g/mol. The van der Waals surface area contributed by atoms with Crippen LogP contribution in [0.4, 0.5) is 0 Å². The molecule has 0 aliphatic carbocycles. The Morgan fingerprint density at radius 1 is 1.00 bits per heavy atom. The molecule has 0 radical (unpaired) electrons. The van der Waals surface area contributed by atoms with Crippen molar-refractivity contribution in [3.63, 3.8) is 0 Å². The maximum absolute atomic E-state index is 12.4. The van der Waals surface area contributed by atoms with Gasteiger partial charge in [0.2, 0.25) is 0 Å². The molecule has 6 heteroatoms. The number of thioether (sulfide) groups is 1. The Morgan fingerprint density at radius 2 is 1.52 bits per heavy atom. The monoisotopic (exact) mass is 372 g/mol. The van der Waals surface area contributed by atoms with E-state index in [9.17, 15) is 14.4 Å². The van der Waals surface area contributed by atoms with Gasteiger partial charge in [0.1, 0.15) is 0 Å². The molecule has 0 aromatic rings. The Labute approximate surface area is 155 Å². The summed E-state index contributed by atoms with van der Waals surface area (Å²) in [6, 6.07) is 0. The normalized spacial score (nSPS) is 11.7. The zero-order valence-corrected chi connectivity index (χ0v) is 17.0. The maximum atomic E-state index is 12.4. The SMILES string of the molecule is C=CCC(CCCCC(=O)SC(C)(C)C)(C(=O)OCC)C(=O)OCC. The Hall–Kier alpha value is -1.30. The predicted octanol–water partition coefficient (Wildman–Crippen LogP) is 4.29. The first kappa shape index (κ1) is 23.7. The Morgan fingerprint density at radius 3 is 1.92 bits per heavy atom. The molecule has 0 saturated carbocycles. The van der Waals surface area contributed by atoms with Crippen molar-refractivity contribution in [2.24, 2.45) is 5.41 Å². The highest BCUT2D eigenvalue weighted by molar-refractivity contribution is 8.14. The van der Waals surface area contributed by atoms with Crippen LogP contribution in [0, 0.1) is 5.41 Å². The fourth-order valence-corrected chi connectivity index (χ4v) is 3.36. The molecular weight excluding hydrogens is 340 g/mol. The molecule has 0 aromatic carbocycles. The largest absolute Gasteiger partial charge is 0.465 e. The summed E-state index contributed by atoms with van der Waals surface area (Å²) in [5, 5.41) is 0.120. The summed E-state index contributed by atoms with van der Waals surface area (Å²) < 4.78 is 10.1. The van der Waals surface area contributed by atoms with Crippen molar-refractivity contribution >= 4 is 28.8 Å². The number of rotatable bonds is 11. The molecule has 0 aliphatic heterocycles. The van der Waals surface area contributed by atoms with E-state index in [1.54, 1.807) is 13.8 Å². The Kier molecular flexibility index (Phi) is 10.8. The number of esters is 2. The van der Waals surface area contributed by atoms with Gasteiger partial charge < -0.3 is 9.47 Å². The summed E-state index contributed by atoms with van der Waals surface area (Å²) in [5.41, 5.74) is -1.37. The highest BCUT2D eigenvalue weighted by atomic mass is 32.2. The first-order valence-corrected chi connectivity index (χ1v) is 9.61. The van der Waals surface area contributed by atoms with E-state index in [0.717, 1.165) is 0 Å². The van der Waals surface area contributed by atoms with Crippen molar-refractivity contribution in [1.82, 2.24) is 0 Å². The molecule has 25 heavy (non-hydrogen) atoms. The van der Waals surface area contributed by atoms with E-state index in [2.05, 4.69) is 6.58 Å². The van der Waals surface area contributed by atoms with E-state index in [-0.39, 0.29) is 35.9 Å². The van der Waals surface area contributed by atoms with Crippen molar-refractivity contribution in [1.29, 1.82) is 0 Å². The van der Waals surface area contributed by atoms with Crippen molar-refractivity contribution in [2.75, 3.05) is 13.2 Å². The molecule has 0 spiro atoms. The molecule has 0 aliphatic rings. The minimum Gasteiger partial charge on any atom is -0.465 e. The average Bonchev–Trinajstić information content (AvgIpc) is 2.49. The van der Waals surface area contributed by atoms with Crippen LogP contribution in [0.5, 0.6) is 0 Å². The first-order chi connectivity index (χ1) is 11.6. The molecule has 0 bridgehead atoms. The van der Waals surface area contributed by atoms with E-state index < -0.39 is 17.4 Å². The number of carbonyl (C=O) groups excluding carboxylic acids is 3. The van der Waals surface area contributed by atoms with Crippen LogP contribution in [-0.2, 0) is 23.9 Å². The van der Waals surface area contributed by atoms with E-state index in [1.807, 2.05) is 20.8 Å². The summed E-state index contributed by atoms with van der Waals surface area (Å²) in [5.74, 6) is -1.16. The predicted molar refractivity (Wildman–Crippen MR) is 101 cm³/mol. The number of unbranched alkanes of at least 4 members (excludes halogenated alkanes) is 1. The summed E-state index contributed by atoms with van der Waals surface area (Å²) in [6.45, 7) is 13.4. The topological polar surface area (TPSA) is 69.7 Å².